The van der Waals surface area contributed by atoms with Crippen molar-refractivity contribution < 1.29 is 0 Å². The summed E-state index contributed by atoms with van der Waals surface area (Å²) in [6.07, 6.45) is 0. The Bertz CT molecular complexity index is 1190. The van der Waals surface area contributed by atoms with Crippen molar-refractivity contribution in [1.82, 2.24) is 0 Å². The van der Waals surface area contributed by atoms with Gasteiger partial charge >= 0.3 is 179 Å². The molecule has 1 heteroatoms. The van der Waals surface area contributed by atoms with Crippen molar-refractivity contribution in [3.8, 4) is 22.3 Å². The van der Waals surface area contributed by atoms with Gasteiger partial charge in [0.25, 0.3) is 0 Å². The van der Waals surface area contributed by atoms with E-state index in [0.717, 1.165) is 0 Å². The fourth-order valence-electron chi connectivity index (χ4n) is 6.11. The summed E-state index contributed by atoms with van der Waals surface area (Å²) in [6.45, 7) is 8.77. The first-order chi connectivity index (χ1) is 14.3. The maximum absolute atomic E-state index is 2.80. The Morgan fingerprint density at radius 3 is 0.867 bits per heavy atom. The Morgan fingerprint density at radius 2 is 0.633 bits per heavy atom. The van der Waals surface area contributed by atoms with Crippen molar-refractivity contribution >= 4 is 27.8 Å². The Hall–Kier alpha value is -2.69. The van der Waals surface area contributed by atoms with Gasteiger partial charge in [0, 0.05) is 0 Å². The summed E-state index contributed by atoms with van der Waals surface area (Å²) in [7, 11) is 0. The van der Waals surface area contributed by atoms with Gasteiger partial charge in [-0.15, -0.1) is 0 Å². The summed E-state index contributed by atoms with van der Waals surface area (Å²) in [5, 5.41) is 6.21. The molecule has 30 heavy (non-hydrogen) atoms. The first kappa shape index (κ1) is 18.1. The van der Waals surface area contributed by atoms with E-state index in [1.165, 1.54) is 44.5 Å². The Morgan fingerprint density at radius 1 is 0.400 bits per heavy atom. The van der Waals surface area contributed by atoms with Crippen LogP contribution in [0.25, 0.3) is 22.3 Å². The average molecular weight is 407 g/mol. The number of rotatable bonds is 0. The van der Waals surface area contributed by atoms with Gasteiger partial charge in [0.05, 0.1) is 0 Å². The van der Waals surface area contributed by atoms with Gasteiger partial charge in [-0.05, 0) is 0 Å². The molecule has 1 spiro atoms. The first-order valence-electron chi connectivity index (χ1n) is 10.8. The van der Waals surface area contributed by atoms with Crippen molar-refractivity contribution in [2.45, 2.75) is 27.7 Å². The molecule has 2 heterocycles. The van der Waals surface area contributed by atoms with Gasteiger partial charge in [-0.2, -0.15) is 0 Å². The Kier molecular flexibility index (Phi) is 3.33. The molecule has 0 N–H and O–H groups in total. The van der Waals surface area contributed by atoms with Gasteiger partial charge in [0.2, 0.25) is 0 Å². The van der Waals surface area contributed by atoms with Crippen molar-refractivity contribution in [3.63, 3.8) is 0 Å². The number of fused-ring (bicyclic) bond motifs is 10. The predicted molar refractivity (Wildman–Crippen MR) is 134 cm³/mol. The third kappa shape index (κ3) is 1.88. The third-order valence-corrected chi connectivity index (χ3v) is 13.9. The standard InChI is InChI=1S/C29H27P/c1-18-6-10-22-23-11-7-19(2)15-27(23)30(5,26(22)14-18)28-16-20(3)8-12-24(28)25-13-9-21(4)17-29(25)30/h6-17H,1-5H3. The molecule has 2 aliphatic heterocycles. The van der Waals surface area contributed by atoms with Gasteiger partial charge in [0.15, 0.2) is 0 Å². The second-order valence-corrected chi connectivity index (χ2v) is 14.7. The molecule has 6 rings (SSSR count). The molecule has 0 saturated heterocycles. The SMILES string of the molecule is Cc1ccc2c(c1)P1(C)(c3cc(C)ccc3-2)c2cc(C)ccc2-c2ccc(C)cc21. The number of hydrogen-bond donors (Lipinski definition) is 0. The molecular weight excluding hydrogens is 379 g/mol. The zero-order valence-electron chi connectivity index (χ0n) is 18.4. The monoisotopic (exact) mass is 406 g/mol. The number of benzene rings is 4. The third-order valence-electron chi connectivity index (χ3n) is 7.60. The van der Waals surface area contributed by atoms with Crippen LogP contribution in [0.1, 0.15) is 22.3 Å². The fourth-order valence-corrected chi connectivity index (χ4v) is 13.0. The Balaban J connectivity index is 1.95. The molecule has 0 nitrogen and oxygen atoms in total. The van der Waals surface area contributed by atoms with Crippen LogP contribution in [0.5, 0.6) is 0 Å². The molecule has 0 atom stereocenters. The van der Waals surface area contributed by atoms with Crippen LogP contribution < -0.4 is 21.2 Å². The zero-order valence-corrected chi connectivity index (χ0v) is 19.3. The summed E-state index contributed by atoms with van der Waals surface area (Å²) in [5.41, 5.74) is 11.1. The van der Waals surface area contributed by atoms with E-state index >= 15 is 0 Å². The minimum atomic E-state index is -2.80. The predicted octanol–water partition coefficient (Wildman–Crippen LogP) is 5.67. The van der Waals surface area contributed by atoms with Crippen molar-refractivity contribution in [1.29, 1.82) is 0 Å². The van der Waals surface area contributed by atoms with Gasteiger partial charge in [-0.3, -0.25) is 0 Å². The topological polar surface area (TPSA) is 0 Å². The van der Waals surface area contributed by atoms with Crippen LogP contribution in [-0.2, 0) is 0 Å². The quantitative estimate of drug-likeness (QED) is 0.330. The van der Waals surface area contributed by atoms with Crippen molar-refractivity contribution in [2.24, 2.45) is 0 Å². The molecule has 0 amide bonds. The van der Waals surface area contributed by atoms with Crippen LogP contribution in [0.4, 0.5) is 0 Å². The molecule has 148 valence electrons. The van der Waals surface area contributed by atoms with Crippen LogP contribution in [-0.4, -0.2) is 6.66 Å². The summed E-state index contributed by atoms with van der Waals surface area (Å²) in [4.78, 5) is 0. The molecule has 4 aromatic carbocycles. The van der Waals surface area contributed by atoms with E-state index < -0.39 is 6.60 Å². The molecule has 0 fully saturated rings. The van der Waals surface area contributed by atoms with Crippen molar-refractivity contribution in [2.75, 3.05) is 6.66 Å². The molecule has 0 unspecified atom stereocenters. The molecule has 0 bridgehead atoms. The molecule has 0 saturated carbocycles. The summed E-state index contributed by atoms with van der Waals surface area (Å²) < 4.78 is 0. The van der Waals surface area contributed by atoms with Crippen LogP contribution in [0.15, 0.2) is 72.8 Å². The van der Waals surface area contributed by atoms with E-state index in [9.17, 15) is 0 Å². The van der Waals surface area contributed by atoms with Gasteiger partial charge in [-0.25, -0.2) is 0 Å². The summed E-state index contributed by atoms with van der Waals surface area (Å²) in [5.74, 6) is 0. The molecule has 4 aromatic rings. The zero-order chi connectivity index (χ0) is 20.9. The van der Waals surface area contributed by atoms with Crippen LogP contribution in [0.2, 0.25) is 0 Å². The molecule has 0 aromatic heterocycles. The van der Waals surface area contributed by atoms with E-state index in [-0.39, 0.29) is 0 Å². The molecule has 2 aliphatic rings. The minimum absolute atomic E-state index is 1.35. The van der Waals surface area contributed by atoms with E-state index in [0.29, 0.717) is 0 Å². The first-order valence-corrected chi connectivity index (χ1v) is 13.5. The van der Waals surface area contributed by atoms with E-state index in [4.69, 9.17) is 0 Å². The Labute approximate surface area is 179 Å². The van der Waals surface area contributed by atoms with E-state index in [2.05, 4.69) is 107 Å². The van der Waals surface area contributed by atoms with Gasteiger partial charge in [0.1, 0.15) is 0 Å². The van der Waals surface area contributed by atoms with Crippen LogP contribution >= 0.6 is 6.60 Å². The second-order valence-electron chi connectivity index (χ2n) is 9.65. The summed E-state index contributed by atoms with van der Waals surface area (Å²) in [6, 6.07) is 28.6. The maximum atomic E-state index is 2.62. The van der Waals surface area contributed by atoms with E-state index in [1.54, 1.807) is 21.2 Å². The fraction of sp³-hybridized carbons (Fsp3) is 0.172. The van der Waals surface area contributed by atoms with E-state index in [1.807, 2.05) is 0 Å². The molecule has 0 aliphatic carbocycles. The van der Waals surface area contributed by atoms with Crippen molar-refractivity contribution in [3.05, 3.63) is 95.1 Å². The van der Waals surface area contributed by atoms with Gasteiger partial charge in [-0.1, -0.05) is 0 Å². The number of aryl methyl sites for hydroxylation is 4. The second kappa shape index (κ2) is 5.51. The molecule has 0 radical (unpaired) electrons. The average Bonchev–Trinajstić information content (AvgIpc) is 3.08. The van der Waals surface area contributed by atoms with Crippen LogP contribution in [0.3, 0.4) is 0 Å². The summed E-state index contributed by atoms with van der Waals surface area (Å²) >= 11 is 0. The van der Waals surface area contributed by atoms with Crippen LogP contribution in [0, 0.1) is 27.7 Å². The normalized spacial score (nSPS) is 17.6. The van der Waals surface area contributed by atoms with Gasteiger partial charge < -0.3 is 0 Å². The number of hydrogen-bond acceptors (Lipinski definition) is 0. The molecular formula is C29H27P.